The molecule has 1 heterocycles. The van der Waals surface area contributed by atoms with Gasteiger partial charge in [0.05, 0.1) is 23.2 Å². The minimum absolute atomic E-state index is 0.0355. The molecular weight excluding hydrogens is 542 g/mol. The van der Waals surface area contributed by atoms with Gasteiger partial charge in [0.1, 0.15) is 5.82 Å². The van der Waals surface area contributed by atoms with Crippen molar-refractivity contribution in [2.45, 2.75) is 74.7 Å². The number of hydrogen-bond donors (Lipinski definition) is 3. The van der Waals surface area contributed by atoms with Crippen molar-refractivity contribution in [2.75, 3.05) is 10.8 Å². The number of hydrogen-bond acceptors (Lipinski definition) is 6. The van der Waals surface area contributed by atoms with E-state index >= 15 is 0 Å². The topological polar surface area (TPSA) is 130 Å². The Balaban J connectivity index is 1.97. The van der Waals surface area contributed by atoms with Crippen molar-refractivity contribution < 1.29 is 40.7 Å². The fraction of sp³-hybridized carbons (Fsp3) is 0.462. The van der Waals surface area contributed by atoms with Gasteiger partial charge in [0.15, 0.2) is 11.4 Å². The van der Waals surface area contributed by atoms with Crippen LogP contribution >= 0.6 is 0 Å². The van der Waals surface area contributed by atoms with Crippen molar-refractivity contribution in [3.8, 4) is 0 Å². The van der Waals surface area contributed by atoms with E-state index in [4.69, 9.17) is 5.73 Å². The van der Waals surface area contributed by atoms with Crippen molar-refractivity contribution in [3.05, 3.63) is 59.4 Å². The van der Waals surface area contributed by atoms with Crippen LogP contribution in [0.1, 0.15) is 51.2 Å². The van der Waals surface area contributed by atoms with Crippen LogP contribution in [0, 0.1) is 5.82 Å². The monoisotopic (exact) mass is 573 g/mol. The lowest BCUT2D eigenvalue weighted by Crippen LogP contribution is -2.46. The standard InChI is InChI=1S/C26H31F4N3O5S/c1-24(2,31)14-23(35)32-15-20(34)13-19-8-4-16-12-17(25(3,36)26(28,29)30)5-11-22(16)33(19)39(37,38)21-9-6-18(27)7-10-21/h5-7,9-12,19,36H,4,8,13-15,31H2,1-3H3,(H,32,35)/t19-,25?/m0/s1. The summed E-state index contributed by atoms with van der Waals surface area (Å²) in [6, 6.07) is 6.32. The number of carbonyl (C=O) groups excluding carboxylic acids is 2. The molecule has 1 amide bonds. The first-order valence-corrected chi connectivity index (χ1v) is 13.6. The Kier molecular flexibility index (Phi) is 8.49. The van der Waals surface area contributed by atoms with Gasteiger partial charge in [-0.15, -0.1) is 0 Å². The number of aliphatic hydroxyl groups is 1. The maximum atomic E-state index is 13.7. The highest BCUT2D eigenvalue weighted by Gasteiger charge is 2.51. The molecule has 0 aromatic heterocycles. The Morgan fingerprint density at radius 2 is 1.72 bits per heavy atom. The molecule has 0 aliphatic carbocycles. The van der Waals surface area contributed by atoms with Gasteiger partial charge < -0.3 is 16.2 Å². The first-order chi connectivity index (χ1) is 17.8. The van der Waals surface area contributed by atoms with Crippen LogP contribution in [0.15, 0.2) is 47.4 Å². The summed E-state index contributed by atoms with van der Waals surface area (Å²) in [4.78, 5) is 24.5. The number of halogens is 4. The van der Waals surface area contributed by atoms with Gasteiger partial charge in [-0.25, -0.2) is 12.8 Å². The molecule has 3 rings (SSSR count). The van der Waals surface area contributed by atoms with Crippen LogP contribution in [-0.4, -0.2) is 49.5 Å². The summed E-state index contributed by atoms with van der Waals surface area (Å²) in [5, 5.41) is 12.6. The second-order valence-corrected chi connectivity index (χ2v) is 12.4. The first-order valence-electron chi connectivity index (χ1n) is 12.1. The van der Waals surface area contributed by atoms with E-state index in [-0.39, 0.29) is 48.4 Å². The maximum Gasteiger partial charge on any atom is 0.421 e. The zero-order chi connectivity index (χ0) is 29.4. The average Bonchev–Trinajstić information content (AvgIpc) is 2.80. The number of sulfonamides is 1. The molecule has 2 aromatic carbocycles. The summed E-state index contributed by atoms with van der Waals surface area (Å²) in [6.45, 7) is 3.53. The Morgan fingerprint density at radius 1 is 1.10 bits per heavy atom. The minimum Gasteiger partial charge on any atom is -0.376 e. The maximum absolute atomic E-state index is 13.7. The molecule has 214 valence electrons. The Morgan fingerprint density at radius 3 is 2.28 bits per heavy atom. The predicted octanol–water partition coefficient (Wildman–Crippen LogP) is 3.31. The smallest absolute Gasteiger partial charge is 0.376 e. The van der Waals surface area contributed by atoms with E-state index in [1.807, 2.05) is 0 Å². The number of Topliss-reactive ketones (excluding diaryl/α,β-unsaturated/α-hetero) is 1. The van der Waals surface area contributed by atoms with Gasteiger partial charge >= 0.3 is 6.18 Å². The molecule has 2 aromatic rings. The number of anilines is 1. The molecule has 1 aliphatic heterocycles. The number of aryl methyl sites for hydroxylation is 1. The lowest BCUT2D eigenvalue weighted by Gasteiger charge is -2.38. The van der Waals surface area contributed by atoms with Crippen LogP contribution in [0.5, 0.6) is 0 Å². The Bertz CT molecular complexity index is 1340. The normalized spacial score (nSPS) is 17.8. The SMILES string of the molecule is CC(C)(N)CC(=O)NCC(=O)C[C@@H]1CCc2cc(C(C)(O)C(F)(F)F)ccc2N1S(=O)(=O)c1ccc(F)cc1. The zero-order valence-electron chi connectivity index (χ0n) is 21.7. The van der Waals surface area contributed by atoms with Gasteiger partial charge in [-0.05, 0) is 75.1 Å². The van der Waals surface area contributed by atoms with Crippen LogP contribution in [0.25, 0.3) is 0 Å². The van der Waals surface area contributed by atoms with Gasteiger partial charge in [-0.3, -0.25) is 13.9 Å². The molecule has 1 aliphatic rings. The van der Waals surface area contributed by atoms with Crippen LogP contribution in [0.3, 0.4) is 0 Å². The number of nitrogens with zero attached hydrogens (tertiary/aromatic N) is 1. The Hall–Kier alpha value is -3.03. The van der Waals surface area contributed by atoms with Gasteiger partial charge in [0.2, 0.25) is 5.91 Å². The van der Waals surface area contributed by atoms with Gasteiger partial charge in [-0.1, -0.05) is 12.1 Å². The van der Waals surface area contributed by atoms with Crippen molar-refractivity contribution in [2.24, 2.45) is 5.73 Å². The summed E-state index contributed by atoms with van der Waals surface area (Å²) in [6.07, 6.45) is -5.12. The second kappa shape index (κ2) is 10.9. The molecule has 1 unspecified atom stereocenters. The number of nitrogens with two attached hydrogens (primary N) is 1. The highest BCUT2D eigenvalue weighted by Crippen LogP contribution is 2.43. The summed E-state index contributed by atoms with van der Waals surface area (Å²) in [5.41, 5.74) is 1.64. The van der Waals surface area contributed by atoms with E-state index in [9.17, 15) is 40.7 Å². The molecule has 2 atom stereocenters. The molecule has 13 heteroatoms. The third-order valence-electron chi connectivity index (χ3n) is 6.44. The summed E-state index contributed by atoms with van der Waals surface area (Å²) >= 11 is 0. The summed E-state index contributed by atoms with van der Waals surface area (Å²) in [7, 11) is -4.39. The highest BCUT2D eigenvalue weighted by molar-refractivity contribution is 7.92. The molecule has 8 nitrogen and oxygen atoms in total. The number of fused-ring (bicyclic) bond motifs is 1. The minimum atomic E-state index is -4.98. The number of amides is 1. The van der Waals surface area contributed by atoms with Crippen molar-refractivity contribution in [1.82, 2.24) is 5.32 Å². The summed E-state index contributed by atoms with van der Waals surface area (Å²) < 4.78 is 82.2. The summed E-state index contributed by atoms with van der Waals surface area (Å²) in [5.74, 6) is -1.59. The third kappa shape index (κ3) is 6.95. The van der Waals surface area contributed by atoms with E-state index in [2.05, 4.69) is 5.32 Å². The highest BCUT2D eigenvalue weighted by atomic mass is 32.2. The molecule has 0 bridgehead atoms. The van der Waals surface area contributed by atoms with Crippen molar-refractivity contribution >= 4 is 27.4 Å². The van der Waals surface area contributed by atoms with Crippen molar-refractivity contribution in [1.29, 1.82) is 0 Å². The van der Waals surface area contributed by atoms with E-state index in [0.29, 0.717) is 6.92 Å². The van der Waals surface area contributed by atoms with Gasteiger partial charge in [-0.2, -0.15) is 13.2 Å². The number of nitrogens with one attached hydrogen (secondary N) is 1. The number of benzene rings is 2. The third-order valence-corrected chi connectivity index (χ3v) is 8.32. The second-order valence-electron chi connectivity index (χ2n) is 10.5. The van der Waals surface area contributed by atoms with E-state index in [0.717, 1.165) is 46.8 Å². The first kappa shape index (κ1) is 30.5. The number of ketones is 1. The molecule has 0 radical (unpaired) electrons. The average molecular weight is 574 g/mol. The lowest BCUT2D eigenvalue weighted by molar-refractivity contribution is -0.258. The molecular formula is C26H31F4N3O5S. The van der Waals surface area contributed by atoms with Crippen LogP contribution in [0.4, 0.5) is 23.2 Å². The van der Waals surface area contributed by atoms with Crippen LogP contribution in [0.2, 0.25) is 0 Å². The van der Waals surface area contributed by atoms with Crippen molar-refractivity contribution in [3.63, 3.8) is 0 Å². The molecule has 0 saturated carbocycles. The molecule has 4 N–H and O–H groups in total. The quantitative estimate of drug-likeness (QED) is 0.395. The van der Waals surface area contributed by atoms with Crippen LogP contribution < -0.4 is 15.4 Å². The van der Waals surface area contributed by atoms with Gasteiger partial charge in [0, 0.05) is 18.4 Å². The molecule has 0 spiro atoms. The predicted molar refractivity (Wildman–Crippen MR) is 136 cm³/mol. The van der Waals surface area contributed by atoms with E-state index in [1.165, 1.54) is 0 Å². The Labute approximate surface area is 224 Å². The number of rotatable bonds is 9. The van der Waals surface area contributed by atoms with Gasteiger partial charge in [0.25, 0.3) is 10.0 Å². The van der Waals surface area contributed by atoms with E-state index < -0.39 is 56.5 Å². The molecule has 0 saturated heterocycles. The molecule has 39 heavy (non-hydrogen) atoms. The fourth-order valence-corrected chi connectivity index (χ4v) is 6.06. The van der Waals surface area contributed by atoms with Crippen LogP contribution in [-0.2, 0) is 31.6 Å². The molecule has 0 fully saturated rings. The number of alkyl halides is 3. The largest absolute Gasteiger partial charge is 0.421 e. The zero-order valence-corrected chi connectivity index (χ0v) is 22.5. The number of carbonyl (C=O) groups is 2. The fourth-order valence-electron chi connectivity index (χ4n) is 4.34. The van der Waals surface area contributed by atoms with E-state index in [1.54, 1.807) is 13.8 Å². The lowest BCUT2D eigenvalue weighted by atomic mass is 9.89.